The Morgan fingerprint density at radius 1 is 1.41 bits per heavy atom. The van der Waals surface area contributed by atoms with Crippen LogP contribution in [0.5, 0.6) is 5.75 Å². The van der Waals surface area contributed by atoms with Crippen molar-refractivity contribution in [3.05, 3.63) is 29.8 Å². The first-order valence-corrected chi connectivity index (χ1v) is 5.91. The monoisotopic (exact) mass is 235 g/mol. The summed E-state index contributed by atoms with van der Waals surface area (Å²) < 4.78 is 5.83. The van der Waals surface area contributed by atoms with Crippen molar-refractivity contribution in [3.63, 3.8) is 0 Å². The van der Waals surface area contributed by atoms with Crippen LogP contribution in [0, 0.1) is 0 Å². The summed E-state index contributed by atoms with van der Waals surface area (Å²) in [6, 6.07) is 7.67. The highest BCUT2D eigenvalue weighted by Crippen LogP contribution is 2.27. The molecular weight excluding hydrogens is 218 g/mol. The van der Waals surface area contributed by atoms with Crippen molar-refractivity contribution in [2.45, 2.75) is 31.9 Å². The number of carbonyl (C=O) groups is 1. The maximum atomic E-state index is 11.0. The maximum absolute atomic E-state index is 11.0. The van der Waals surface area contributed by atoms with Gasteiger partial charge in [-0.05, 0) is 25.3 Å². The highest BCUT2D eigenvalue weighted by molar-refractivity contribution is 5.76. The molecule has 0 aromatic heterocycles. The fourth-order valence-corrected chi connectivity index (χ4v) is 1.68. The summed E-state index contributed by atoms with van der Waals surface area (Å²) >= 11 is 0. The topological polar surface area (TPSA) is 58.6 Å². The van der Waals surface area contributed by atoms with Gasteiger partial charge in [-0.1, -0.05) is 18.2 Å². The molecule has 1 fully saturated rings. The number of aliphatic hydroxyl groups is 1. The van der Waals surface area contributed by atoms with E-state index in [2.05, 4.69) is 5.32 Å². The summed E-state index contributed by atoms with van der Waals surface area (Å²) in [6.07, 6.45) is 3.77. The number of hydrogen-bond acceptors (Lipinski definition) is 3. The molecule has 0 aliphatic heterocycles. The third-order valence-electron chi connectivity index (χ3n) is 2.94. The van der Waals surface area contributed by atoms with Gasteiger partial charge in [-0.3, -0.25) is 4.79 Å². The smallest absolute Gasteiger partial charge is 0.245 e. The maximum Gasteiger partial charge on any atom is 0.245 e. The molecule has 0 spiro atoms. The second-order valence-corrected chi connectivity index (χ2v) is 4.21. The lowest BCUT2D eigenvalue weighted by molar-refractivity contribution is -0.123. The van der Waals surface area contributed by atoms with Gasteiger partial charge in [-0.2, -0.15) is 0 Å². The number of rotatable bonds is 5. The molecule has 1 aliphatic rings. The van der Waals surface area contributed by atoms with E-state index in [1.54, 1.807) is 0 Å². The fraction of sp³-hybridized carbons (Fsp3) is 0.462. The average molecular weight is 235 g/mol. The van der Waals surface area contributed by atoms with Crippen molar-refractivity contribution in [2.75, 3.05) is 6.61 Å². The Bertz CT molecular complexity index is 388. The van der Waals surface area contributed by atoms with E-state index in [9.17, 15) is 4.79 Å². The standard InChI is InChI=1S/C13H17NO3/c15-9-13(16)14-8-10-4-1-2-7-12(10)17-11-5-3-6-11/h1-2,4,7,11,15H,3,5-6,8-9H2,(H,14,16). The second-order valence-electron chi connectivity index (χ2n) is 4.21. The summed E-state index contributed by atoms with van der Waals surface area (Å²) in [6.45, 7) is -0.0893. The van der Waals surface area contributed by atoms with Crippen molar-refractivity contribution in [3.8, 4) is 5.75 Å². The molecule has 0 bridgehead atoms. The molecule has 1 aromatic rings. The van der Waals surface area contributed by atoms with Crippen molar-refractivity contribution >= 4 is 5.91 Å². The van der Waals surface area contributed by atoms with Crippen LogP contribution in [-0.4, -0.2) is 23.7 Å². The minimum absolute atomic E-state index is 0.324. The van der Waals surface area contributed by atoms with Gasteiger partial charge in [0.1, 0.15) is 12.4 Å². The summed E-state index contributed by atoms with van der Waals surface area (Å²) in [5.74, 6) is 0.457. The van der Waals surface area contributed by atoms with Crippen LogP contribution in [0.1, 0.15) is 24.8 Å². The molecule has 2 rings (SSSR count). The SMILES string of the molecule is O=C(CO)NCc1ccccc1OC1CCC1. The predicted octanol–water partition coefficient (Wildman–Crippen LogP) is 1.23. The molecule has 1 aromatic carbocycles. The van der Waals surface area contributed by atoms with Gasteiger partial charge in [-0.15, -0.1) is 0 Å². The summed E-state index contributed by atoms with van der Waals surface area (Å²) in [7, 11) is 0. The molecule has 4 heteroatoms. The first-order valence-electron chi connectivity index (χ1n) is 5.91. The van der Waals surface area contributed by atoms with Crippen molar-refractivity contribution in [2.24, 2.45) is 0 Å². The molecule has 1 amide bonds. The number of hydrogen-bond donors (Lipinski definition) is 2. The summed E-state index contributed by atoms with van der Waals surface area (Å²) in [5, 5.41) is 11.3. The van der Waals surface area contributed by atoms with E-state index < -0.39 is 6.61 Å². The zero-order valence-electron chi connectivity index (χ0n) is 9.69. The van der Waals surface area contributed by atoms with E-state index in [0.717, 1.165) is 24.2 Å². The van der Waals surface area contributed by atoms with Crippen LogP contribution >= 0.6 is 0 Å². The zero-order chi connectivity index (χ0) is 12.1. The Hall–Kier alpha value is -1.55. The van der Waals surface area contributed by atoms with E-state index in [0.29, 0.717) is 12.6 Å². The number of para-hydroxylation sites is 1. The van der Waals surface area contributed by atoms with Gasteiger partial charge in [0.05, 0.1) is 6.10 Å². The average Bonchev–Trinajstić information content (AvgIpc) is 2.32. The molecule has 2 N–H and O–H groups in total. The Morgan fingerprint density at radius 3 is 2.82 bits per heavy atom. The largest absolute Gasteiger partial charge is 0.490 e. The Kier molecular flexibility index (Phi) is 3.98. The first-order chi connectivity index (χ1) is 8.29. The van der Waals surface area contributed by atoms with E-state index in [1.165, 1.54) is 6.42 Å². The minimum atomic E-state index is -0.481. The number of benzene rings is 1. The van der Waals surface area contributed by atoms with Crippen LogP contribution < -0.4 is 10.1 Å². The lowest BCUT2D eigenvalue weighted by Gasteiger charge is -2.27. The number of nitrogens with one attached hydrogen (secondary N) is 1. The van der Waals surface area contributed by atoms with Crippen LogP contribution in [-0.2, 0) is 11.3 Å². The lowest BCUT2D eigenvalue weighted by Crippen LogP contribution is -2.27. The molecule has 0 unspecified atom stereocenters. The number of aliphatic hydroxyl groups excluding tert-OH is 1. The first kappa shape index (κ1) is 11.9. The summed E-state index contributed by atoms with van der Waals surface area (Å²) in [4.78, 5) is 11.0. The molecule has 1 aliphatic carbocycles. The second kappa shape index (κ2) is 5.68. The molecule has 1 saturated carbocycles. The highest BCUT2D eigenvalue weighted by atomic mass is 16.5. The normalized spacial score (nSPS) is 15.1. The molecular formula is C13H17NO3. The van der Waals surface area contributed by atoms with Crippen LogP contribution in [0.25, 0.3) is 0 Å². The molecule has 0 atom stereocenters. The van der Waals surface area contributed by atoms with Gasteiger partial charge in [-0.25, -0.2) is 0 Å². The highest BCUT2D eigenvalue weighted by Gasteiger charge is 2.20. The van der Waals surface area contributed by atoms with Crippen molar-refractivity contribution in [1.29, 1.82) is 0 Å². The Morgan fingerprint density at radius 2 is 2.18 bits per heavy atom. The van der Waals surface area contributed by atoms with E-state index in [4.69, 9.17) is 9.84 Å². The number of amides is 1. The third-order valence-corrected chi connectivity index (χ3v) is 2.94. The number of ether oxygens (including phenoxy) is 1. The predicted molar refractivity (Wildman–Crippen MR) is 63.6 cm³/mol. The van der Waals surface area contributed by atoms with Crippen molar-refractivity contribution < 1.29 is 14.6 Å². The molecule has 17 heavy (non-hydrogen) atoms. The molecule has 0 heterocycles. The van der Waals surface area contributed by atoms with E-state index in [1.807, 2.05) is 24.3 Å². The zero-order valence-corrected chi connectivity index (χ0v) is 9.69. The van der Waals surface area contributed by atoms with Gasteiger partial charge in [0, 0.05) is 12.1 Å². The Balaban J connectivity index is 1.96. The van der Waals surface area contributed by atoms with Gasteiger partial charge in [0.2, 0.25) is 5.91 Å². The van der Waals surface area contributed by atoms with Crippen molar-refractivity contribution in [1.82, 2.24) is 5.32 Å². The number of carbonyl (C=O) groups excluding carboxylic acids is 1. The fourth-order valence-electron chi connectivity index (χ4n) is 1.68. The summed E-state index contributed by atoms with van der Waals surface area (Å²) in [5.41, 5.74) is 0.946. The molecule has 0 saturated heterocycles. The molecule has 92 valence electrons. The van der Waals surface area contributed by atoms with Crippen LogP contribution in [0.2, 0.25) is 0 Å². The quantitative estimate of drug-likeness (QED) is 0.807. The Labute approximate surface area is 101 Å². The lowest BCUT2D eigenvalue weighted by atomic mass is 9.96. The molecule has 0 radical (unpaired) electrons. The van der Waals surface area contributed by atoms with Gasteiger partial charge in [0.15, 0.2) is 0 Å². The van der Waals surface area contributed by atoms with Crippen LogP contribution in [0.15, 0.2) is 24.3 Å². The van der Waals surface area contributed by atoms with Crippen LogP contribution in [0.4, 0.5) is 0 Å². The minimum Gasteiger partial charge on any atom is -0.490 e. The van der Waals surface area contributed by atoms with E-state index in [-0.39, 0.29) is 5.91 Å². The van der Waals surface area contributed by atoms with Gasteiger partial charge in [0.25, 0.3) is 0 Å². The molecule has 4 nitrogen and oxygen atoms in total. The van der Waals surface area contributed by atoms with Crippen LogP contribution in [0.3, 0.4) is 0 Å². The third kappa shape index (κ3) is 3.20. The van der Waals surface area contributed by atoms with Gasteiger partial charge >= 0.3 is 0 Å². The van der Waals surface area contributed by atoms with E-state index >= 15 is 0 Å². The van der Waals surface area contributed by atoms with Gasteiger partial charge < -0.3 is 15.2 Å².